The van der Waals surface area contributed by atoms with Gasteiger partial charge in [-0.2, -0.15) is 13.2 Å². The van der Waals surface area contributed by atoms with Crippen molar-refractivity contribution in [2.45, 2.75) is 44.8 Å². The molecule has 0 aromatic rings. The van der Waals surface area contributed by atoms with E-state index in [0.29, 0.717) is 5.92 Å². The molecule has 1 rings (SSSR count). The van der Waals surface area contributed by atoms with E-state index < -0.39 is 18.6 Å². The summed E-state index contributed by atoms with van der Waals surface area (Å²) < 4.78 is 35.5. The van der Waals surface area contributed by atoms with E-state index in [2.05, 4.69) is 5.32 Å². The number of amides is 1. The van der Waals surface area contributed by atoms with Crippen molar-refractivity contribution in [2.75, 3.05) is 13.1 Å². The molecule has 1 aliphatic carbocycles. The molecule has 0 spiro atoms. The third-order valence-electron chi connectivity index (χ3n) is 3.18. The van der Waals surface area contributed by atoms with Gasteiger partial charge >= 0.3 is 6.18 Å². The number of nitrogens with one attached hydrogen (secondary N) is 2. The van der Waals surface area contributed by atoms with E-state index in [-0.39, 0.29) is 12.6 Å². The number of rotatable bonds is 5. The lowest BCUT2D eigenvalue weighted by Gasteiger charge is -2.20. The van der Waals surface area contributed by atoms with Crippen molar-refractivity contribution in [3.8, 4) is 0 Å². The smallest absolute Gasteiger partial charge is 0.346 e. The van der Waals surface area contributed by atoms with Gasteiger partial charge in [0, 0.05) is 6.04 Å². The highest BCUT2D eigenvalue weighted by molar-refractivity contribution is 5.78. The molecule has 1 aliphatic rings. The standard InChI is InChI=1S/C11H19F3N2O/c1-8(9-4-2-3-5-9)15-6-10(17)16-7-11(12,13)14/h8-9,15H,2-7H2,1H3,(H,16,17)/t8-/m1/s1. The Bertz CT molecular complexity index is 250. The van der Waals surface area contributed by atoms with Crippen LogP contribution in [0.3, 0.4) is 0 Å². The highest BCUT2D eigenvalue weighted by Crippen LogP contribution is 2.27. The zero-order valence-corrected chi connectivity index (χ0v) is 9.94. The predicted octanol–water partition coefficient (Wildman–Crippen LogP) is 1.83. The normalized spacial score (nSPS) is 19.3. The van der Waals surface area contributed by atoms with Crippen LogP contribution in [0.15, 0.2) is 0 Å². The minimum absolute atomic E-state index is 0.0479. The van der Waals surface area contributed by atoms with Crippen LogP contribution in [0.25, 0.3) is 0 Å². The lowest BCUT2D eigenvalue weighted by molar-refractivity contribution is -0.138. The molecule has 100 valence electrons. The van der Waals surface area contributed by atoms with Crippen molar-refractivity contribution in [3.05, 3.63) is 0 Å². The Balaban J connectivity index is 2.14. The van der Waals surface area contributed by atoms with E-state index in [1.165, 1.54) is 12.8 Å². The van der Waals surface area contributed by atoms with Gasteiger partial charge in [-0.1, -0.05) is 12.8 Å². The Morgan fingerprint density at radius 2 is 1.94 bits per heavy atom. The molecule has 0 saturated heterocycles. The van der Waals surface area contributed by atoms with E-state index in [4.69, 9.17) is 0 Å². The van der Waals surface area contributed by atoms with Crippen LogP contribution < -0.4 is 10.6 Å². The molecule has 1 amide bonds. The highest BCUT2D eigenvalue weighted by Gasteiger charge is 2.28. The summed E-state index contributed by atoms with van der Waals surface area (Å²) in [4.78, 5) is 11.1. The van der Waals surface area contributed by atoms with Gasteiger partial charge in [-0.25, -0.2) is 0 Å². The molecule has 3 nitrogen and oxygen atoms in total. The van der Waals surface area contributed by atoms with Crippen LogP contribution in [0.2, 0.25) is 0 Å². The number of halogens is 3. The number of carbonyl (C=O) groups excluding carboxylic acids is 1. The van der Waals surface area contributed by atoms with Gasteiger partial charge in [0.15, 0.2) is 0 Å². The van der Waals surface area contributed by atoms with Crippen molar-refractivity contribution in [1.29, 1.82) is 0 Å². The Morgan fingerprint density at radius 3 is 2.47 bits per heavy atom. The predicted molar refractivity (Wildman–Crippen MR) is 58.5 cm³/mol. The molecule has 1 saturated carbocycles. The Morgan fingerprint density at radius 1 is 1.35 bits per heavy atom. The van der Waals surface area contributed by atoms with Gasteiger partial charge in [0.1, 0.15) is 6.54 Å². The monoisotopic (exact) mass is 252 g/mol. The topological polar surface area (TPSA) is 41.1 Å². The van der Waals surface area contributed by atoms with Gasteiger partial charge in [-0.05, 0) is 25.7 Å². The lowest BCUT2D eigenvalue weighted by atomic mass is 10.00. The summed E-state index contributed by atoms with van der Waals surface area (Å²) in [5.74, 6) is -0.0578. The van der Waals surface area contributed by atoms with Crippen LogP contribution in [0.5, 0.6) is 0 Å². The third-order valence-corrected chi connectivity index (χ3v) is 3.18. The Hall–Kier alpha value is -0.780. The molecule has 0 radical (unpaired) electrons. The maximum Gasteiger partial charge on any atom is 0.405 e. The van der Waals surface area contributed by atoms with Crippen LogP contribution in [-0.2, 0) is 4.79 Å². The van der Waals surface area contributed by atoms with E-state index in [1.807, 2.05) is 12.2 Å². The van der Waals surface area contributed by atoms with Crippen molar-refractivity contribution in [2.24, 2.45) is 5.92 Å². The first-order chi connectivity index (χ1) is 7.88. The fraction of sp³-hybridized carbons (Fsp3) is 0.909. The molecule has 0 unspecified atom stereocenters. The lowest BCUT2D eigenvalue weighted by Crippen LogP contribution is -2.43. The summed E-state index contributed by atoms with van der Waals surface area (Å²) in [6, 6.07) is 0.189. The molecular formula is C11H19F3N2O. The second-order valence-electron chi connectivity index (χ2n) is 4.61. The molecule has 6 heteroatoms. The van der Waals surface area contributed by atoms with E-state index >= 15 is 0 Å². The molecule has 1 atom stereocenters. The number of hydrogen-bond acceptors (Lipinski definition) is 2. The number of carbonyl (C=O) groups is 1. The van der Waals surface area contributed by atoms with E-state index in [1.54, 1.807) is 0 Å². The zero-order chi connectivity index (χ0) is 12.9. The van der Waals surface area contributed by atoms with Gasteiger partial charge in [-0.3, -0.25) is 4.79 Å². The van der Waals surface area contributed by atoms with Gasteiger partial charge in [-0.15, -0.1) is 0 Å². The van der Waals surface area contributed by atoms with Gasteiger partial charge in [0.25, 0.3) is 0 Å². The third kappa shape index (κ3) is 5.91. The SMILES string of the molecule is C[C@@H](NCC(=O)NCC(F)(F)F)C1CCCC1. The molecule has 0 aromatic heterocycles. The molecule has 0 heterocycles. The highest BCUT2D eigenvalue weighted by atomic mass is 19.4. The molecule has 1 fully saturated rings. The average molecular weight is 252 g/mol. The Kier molecular flexibility index (Phi) is 5.24. The maximum atomic E-state index is 11.8. The van der Waals surface area contributed by atoms with Crippen LogP contribution in [-0.4, -0.2) is 31.2 Å². The largest absolute Gasteiger partial charge is 0.405 e. The summed E-state index contributed by atoms with van der Waals surface area (Å²) in [6.07, 6.45) is 0.345. The molecule has 0 bridgehead atoms. The van der Waals surface area contributed by atoms with Crippen LogP contribution in [0, 0.1) is 5.92 Å². The first kappa shape index (κ1) is 14.3. The fourth-order valence-electron chi connectivity index (χ4n) is 2.14. The number of alkyl halides is 3. The van der Waals surface area contributed by atoms with Crippen molar-refractivity contribution < 1.29 is 18.0 Å². The van der Waals surface area contributed by atoms with Crippen molar-refractivity contribution >= 4 is 5.91 Å². The summed E-state index contributed by atoms with van der Waals surface area (Å²) in [6.45, 7) is 0.673. The quantitative estimate of drug-likeness (QED) is 0.783. The molecule has 17 heavy (non-hydrogen) atoms. The van der Waals surface area contributed by atoms with Crippen LogP contribution >= 0.6 is 0 Å². The fourth-order valence-corrected chi connectivity index (χ4v) is 2.14. The Labute approximate surface area is 99.1 Å². The maximum absolute atomic E-state index is 11.8. The van der Waals surface area contributed by atoms with Gasteiger partial charge in [0.2, 0.25) is 5.91 Å². The first-order valence-electron chi connectivity index (χ1n) is 5.95. The van der Waals surface area contributed by atoms with Crippen molar-refractivity contribution in [1.82, 2.24) is 10.6 Å². The van der Waals surface area contributed by atoms with E-state index in [9.17, 15) is 18.0 Å². The summed E-state index contributed by atoms with van der Waals surface area (Å²) in [7, 11) is 0. The van der Waals surface area contributed by atoms with Gasteiger partial charge < -0.3 is 10.6 Å². The first-order valence-corrected chi connectivity index (χ1v) is 5.95. The molecule has 2 N–H and O–H groups in total. The minimum atomic E-state index is -4.34. The van der Waals surface area contributed by atoms with Crippen LogP contribution in [0.4, 0.5) is 13.2 Å². The molecule has 0 aromatic carbocycles. The van der Waals surface area contributed by atoms with E-state index in [0.717, 1.165) is 12.8 Å². The second-order valence-corrected chi connectivity index (χ2v) is 4.61. The average Bonchev–Trinajstić information content (AvgIpc) is 2.75. The van der Waals surface area contributed by atoms with Crippen LogP contribution in [0.1, 0.15) is 32.6 Å². The summed E-state index contributed by atoms with van der Waals surface area (Å²) >= 11 is 0. The number of hydrogen-bond donors (Lipinski definition) is 2. The van der Waals surface area contributed by atoms with Gasteiger partial charge in [0.05, 0.1) is 6.54 Å². The second kappa shape index (κ2) is 6.23. The molecule has 0 aliphatic heterocycles. The summed E-state index contributed by atoms with van der Waals surface area (Å²) in [5.41, 5.74) is 0. The summed E-state index contributed by atoms with van der Waals surface area (Å²) in [5, 5.41) is 4.82. The van der Waals surface area contributed by atoms with Crippen molar-refractivity contribution in [3.63, 3.8) is 0 Å². The minimum Gasteiger partial charge on any atom is -0.346 e. The molecular weight excluding hydrogens is 233 g/mol. The zero-order valence-electron chi connectivity index (χ0n) is 9.94.